The lowest BCUT2D eigenvalue weighted by Gasteiger charge is -2.31. The first kappa shape index (κ1) is 22.3. The Morgan fingerprint density at radius 3 is 2.76 bits per heavy atom. The first-order chi connectivity index (χ1) is 16.7. The van der Waals surface area contributed by atoms with E-state index < -0.39 is 0 Å². The minimum absolute atomic E-state index is 0.111. The molecule has 1 saturated carbocycles. The summed E-state index contributed by atoms with van der Waals surface area (Å²) < 4.78 is 12.0. The van der Waals surface area contributed by atoms with E-state index in [0.717, 1.165) is 74.3 Å². The van der Waals surface area contributed by atoms with Crippen molar-refractivity contribution < 1.29 is 14.3 Å². The van der Waals surface area contributed by atoms with E-state index in [2.05, 4.69) is 47.6 Å². The molecule has 1 aliphatic carbocycles. The standard InChI is InChI=1S/C24H29N7O3/c1-25-23(32)20-6-7-27-24(30-20)29-16-2-4-18(5-3-16)34-22-13-17(31-8-10-33-11-9-31)12-21-19(22)14-26-15-28-21/h6-7,12-16,18H,2-5,8-11H2,1H3,(H,25,32)(H,27,29,30)/t16-,18+. The fraction of sp³-hybridized carbons (Fsp3) is 0.458. The number of carbonyl (C=O) groups excluding carboxylic acids is 1. The summed E-state index contributed by atoms with van der Waals surface area (Å²) in [5.74, 6) is 1.09. The third kappa shape index (κ3) is 5.01. The van der Waals surface area contributed by atoms with Crippen LogP contribution in [0.1, 0.15) is 36.2 Å². The minimum Gasteiger partial charge on any atom is -0.490 e. The quantitative estimate of drug-likeness (QED) is 0.569. The van der Waals surface area contributed by atoms with Gasteiger partial charge in [0.1, 0.15) is 17.8 Å². The van der Waals surface area contributed by atoms with Crippen molar-refractivity contribution in [1.82, 2.24) is 25.3 Å². The van der Waals surface area contributed by atoms with E-state index in [9.17, 15) is 4.79 Å². The summed E-state index contributed by atoms with van der Waals surface area (Å²) in [7, 11) is 1.59. The van der Waals surface area contributed by atoms with Crippen molar-refractivity contribution in [2.45, 2.75) is 37.8 Å². The second-order valence-electron chi connectivity index (χ2n) is 8.58. The Morgan fingerprint density at radius 2 is 1.97 bits per heavy atom. The molecule has 0 spiro atoms. The summed E-state index contributed by atoms with van der Waals surface area (Å²) in [6.45, 7) is 3.17. The van der Waals surface area contributed by atoms with E-state index in [1.165, 1.54) is 0 Å². The van der Waals surface area contributed by atoms with Crippen LogP contribution in [0.15, 0.2) is 36.9 Å². The van der Waals surface area contributed by atoms with Crippen LogP contribution in [-0.2, 0) is 4.74 Å². The van der Waals surface area contributed by atoms with Gasteiger partial charge in [-0.1, -0.05) is 0 Å². The Hall–Kier alpha value is -3.53. The van der Waals surface area contributed by atoms with Gasteiger partial charge in [0, 0.05) is 50.3 Å². The van der Waals surface area contributed by atoms with E-state index in [-0.39, 0.29) is 18.1 Å². The molecule has 178 valence electrons. The van der Waals surface area contributed by atoms with Crippen LogP contribution in [-0.4, -0.2) is 71.3 Å². The van der Waals surface area contributed by atoms with Crippen molar-refractivity contribution in [3.63, 3.8) is 0 Å². The molecule has 34 heavy (non-hydrogen) atoms. The van der Waals surface area contributed by atoms with Crippen LogP contribution >= 0.6 is 0 Å². The molecule has 0 bridgehead atoms. The van der Waals surface area contributed by atoms with Gasteiger partial charge in [-0.2, -0.15) is 0 Å². The number of hydrogen-bond acceptors (Lipinski definition) is 9. The van der Waals surface area contributed by atoms with Crippen molar-refractivity contribution in [3.8, 4) is 5.75 Å². The predicted molar refractivity (Wildman–Crippen MR) is 128 cm³/mol. The van der Waals surface area contributed by atoms with Crippen LogP contribution in [0.5, 0.6) is 5.75 Å². The Bertz CT molecular complexity index is 1140. The lowest BCUT2D eigenvalue weighted by molar-refractivity contribution is 0.0958. The average molecular weight is 464 g/mol. The molecular formula is C24H29N7O3. The van der Waals surface area contributed by atoms with E-state index in [0.29, 0.717) is 11.6 Å². The molecular weight excluding hydrogens is 434 g/mol. The number of fused-ring (bicyclic) bond motifs is 1. The summed E-state index contributed by atoms with van der Waals surface area (Å²) in [4.78, 5) is 31.4. The molecule has 10 nitrogen and oxygen atoms in total. The maximum atomic E-state index is 11.8. The van der Waals surface area contributed by atoms with Gasteiger partial charge < -0.3 is 25.0 Å². The van der Waals surface area contributed by atoms with Crippen molar-refractivity contribution >= 4 is 28.4 Å². The lowest BCUT2D eigenvalue weighted by atomic mass is 9.93. The first-order valence-electron chi connectivity index (χ1n) is 11.7. The fourth-order valence-electron chi connectivity index (χ4n) is 4.51. The molecule has 10 heteroatoms. The van der Waals surface area contributed by atoms with E-state index in [1.54, 1.807) is 25.6 Å². The van der Waals surface area contributed by atoms with Crippen LogP contribution in [0.25, 0.3) is 10.9 Å². The van der Waals surface area contributed by atoms with Gasteiger partial charge in [0.25, 0.3) is 5.91 Å². The molecule has 1 amide bonds. The maximum Gasteiger partial charge on any atom is 0.269 e. The molecule has 0 atom stereocenters. The molecule has 2 fully saturated rings. The van der Waals surface area contributed by atoms with Gasteiger partial charge in [0.05, 0.1) is 30.2 Å². The highest BCUT2D eigenvalue weighted by Crippen LogP contribution is 2.34. The monoisotopic (exact) mass is 463 g/mol. The van der Waals surface area contributed by atoms with Gasteiger partial charge >= 0.3 is 0 Å². The van der Waals surface area contributed by atoms with Gasteiger partial charge in [-0.3, -0.25) is 4.79 Å². The summed E-state index contributed by atoms with van der Waals surface area (Å²) in [6, 6.07) is 6.05. The SMILES string of the molecule is CNC(=O)c1ccnc(N[C@H]2CC[C@@H](Oc3cc(N4CCOCC4)cc4ncncc34)CC2)n1. The number of amides is 1. The zero-order valence-corrected chi connectivity index (χ0v) is 19.2. The number of nitrogens with zero attached hydrogens (tertiary/aromatic N) is 5. The summed E-state index contributed by atoms with van der Waals surface area (Å²) in [5.41, 5.74) is 2.34. The van der Waals surface area contributed by atoms with Crippen molar-refractivity contribution in [2.75, 3.05) is 43.6 Å². The minimum atomic E-state index is -0.224. The number of carbonyl (C=O) groups is 1. The molecule has 2 aromatic heterocycles. The van der Waals surface area contributed by atoms with Crippen LogP contribution < -0.4 is 20.3 Å². The van der Waals surface area contributed by atoms with E-state index >= 15 is 0 Å². The summed E-state index contributed by atoms with van der Waals surface area (Å²) in [5, 5.41) is 6.89. The highest BCUT2D eigenvalue weighted by molar-refractivity contribution is 5.92. The average Bonchev–Trinajstić information content (AvgIpc) is 2.90. The lowest BCUT2D eigenvalue weighted by Crippen LogP contribution is -2.36. The van der Waals surface area contributed by atoms with Crippen LogP contribution in [0.3, 0.4) is 0 Å². The Kier molecular flexibility index (Phi) is 6.66. The number of aromatic nitrogens is 4. The molecule has 1 saturated heterocycles. The topological polar surface area (TPSA) is 114 Å². The maximum absolute atomic E-state index is 11.8. The van der Waals surface area contributed by atoms with Gasteiger partial charge in [-0.25, -0.2) is 19.9 Å². The molecule has 1 aliphatic heterocycles. The van der Waals surface area contributed by atoms with E-state index in [1.807, 2.05) is 6.20 Å². The first-order valence-corrected chi connectivity index (χ1v) is 11.7. The van der Waals surface area contributed by atoms with Crippen LogP contribution in [0, 0.1) is 0 Å². The molecule has 2 N–H and O–H groups in total. The zero-order valence-electron chi connectivity index (χ0n) is 19.2. The van der Waals surface area contributed by atoms with Crippen LogP contribution in [0.2, 0.25) is 0 Å². The third-order valence-corrected chi connectivity index (χ3v) is 6.36. The second kappa shape index (κ2) is 10.2. The number of rotatable bonds is 6. The number of anilines is 2. The van der Waals surface area contributed by atoms with Gasteiger partial charge in [-0.05, 0) is 37.8 Å². The molecule has 5 rings (SSSR count). The molecule has 3 aromatic rings. The normalized spacial score (nSPS) is 20.7. The molecule has 0 radical (unpaired) electrons. The third-order valence-electron chi connectivity index (χ3n) is 6.36. The van der Waals surface area contributed by atoms with Gasteiger partial charge in [-0.15, -0.1) is 0 Å². The number of nitrogens with one attached hydrogen (secondary N) is 2. The zero-order chi connectivity index (χ0) is 23.3. The molecule has 3 heterocycles. The van der Waals surface area contributed by atoms with Crippen molar-refractivity contribution in [1.29, 1.82) is 0 Å². The van der Waals surface area contributed by atoms with E-state index in [4.69, 9.17) is 9.47 Å². The largest absolute Gasteiger partial charge is 0.490 e. The fourth-order valence-corrected chi connectivity index (χ4v) is 4.51. The van der Waals surface area contributed by atoms with Crippen molar-refractivity contribution in [3.05, 3.63) is 42.6 Å². The smallest absolute Gasteiger partial charge is 0.269 e. The summed E-state index contributed by atoms with van der Waals surface area (Å²) >= 11 is 0. The number of benzene rings is 1. The molecule has 0 unspecified atom stereocenters. The highest BCUT2D eigenvalue weighted by atomic mass is 16.5. The molecule has 2 aliphatic rings. The number of hydrogen-bond donors (Lipinski definition) is 2. The Labute approximate surface area is 198 Å². The van der Waals surface area contributed by atoms with Gasteiger partial charge in [0.15, 0.2) is 0 Å². The van der Waals surface area contributed by atoms with Crippen molar-refractivity contribution in [2.24, 2.45) is 0 Å². The Balaban J connectivity index is 1.25. The second-order valence-corrected chi connectivity index (χ2v) is 8.58. The predicted octanol–water partition coefficient (Wildman–Crippen LogP) is 2.42. The highest BCUT2D eigenvalue weighted by Gasteiger charge is 2.24. The van der Waals surface area contributed by atoms with Gasteiger partial charge in [0.2, 0.25) is 5.95 Å². The number of ether oxygens (including phenoxy) is 2. The molecule has 1 aromatic carbocycles. The van der Waals surface area contributed by atoms with Crippen LogP contribution in [0.4, 0.5) is 11.6 Å². The Morgan fingerprint density at radius 1 is 1.15 bits per heavy atom. The summed E-state index contributed by atoms with van der Waals surface area (Å²) in [6.07, 6.45) is 8.78. The number of morpholine rings is 1.